The number of benzene rings is 2. The van der Waals surface area contributed by atoms with Crippen LogP contribution in [0.1, 0.15) is 66.5 Å². The molecule has 0 amide bonds. The van der Waals surface area contributed by atoms with Crippen molar-refractivity contribution in [2.75, 3.05) is 9.80 Å². The van der Waals surface area contributed by atoms with Gasteiger partial charge in [0.05, 0.1) is 0 Å². The number of hydrogen-bond acceptors (Lipinski definition) is 2. The predicted octanol–water partition coefficient (Wildman–Crippen LogP) is 6.34. The van der Waals surface area contributed by atoms with E-state index in [1.165, 1.54) is 11.4 Å². The third-order valence-corrected chi connectivity index (χ3v) is 5.28. The average Bonchev–Trinajstić information content (AvgIpc) is 2.76. The van der Waals surface area contributed by atoms with Crippen molar-refractivity contribution in [2.45, 2.75) is 79.6 Å². The minimum Gasteiger partial charge on any atom is -0.367 e. The zero-order valence-corrected chi connectivity index (χ0v) is 21.8. The topological polar surface area (TPSA) is 6.48 Å². The highest BCUT2D eigenvalue weighted by Crippen LogP contribution is 2.21. The summed E-state index contributed by atoms with van der Waals surface area (Å²) in [4.78, 5) is 4.77. The zero-order valence-electron chi connectivity index (χ0n) is 21.8. The SMILES string of the molecule is CC(C)N(c1ccc(C#CC#CC#CC#Cc2ccc(N(C(C)C)C(C)C)cc2)cc1)C(C)C. The maximum absolute atomic E-state index is 3.07. The van der Waals surface area contributed by atoms with Gasteiger partial charge in [-0.25, -0.2) is 0 Å². The summed E-state index contributed by atoms with van der Waals surface area (Å²) < 4.78 is 0. The van der Waals surface area contributed by atoms with Crippen LogP contribution in [0.4, 0.5) is 11.4 Å². The van der Waals surface area contributed by atoms with E-state index >= 15 is 0 Å². The second-order valence-corrected chi connectivity index (χ2v) is 9.28. The Morgan fingerprint density at radius 3 is 0.941 bits per heavy atom. The molecular weight excluding hydrogens is 412 g/mol. The van der Waals surface area contributed by atoms with Crippen LogP contribution < -0.4 is 9.80 Å². The molecule has 0 aliphatic carbocycles. The molecule has 0 N–H and O–H groups in total. The Balaban J connectivity index is 1.97. The summed E-state index contributed by atoms with van der Waals surface area (Å²) in [5.74, 6) is 22.9. The van der Waals surface area contributed by atoms with Crippen LogP contribution in [0.2, 0.25) is 0 Å². The molecule has 0 aromatic heterocycles. The Morgan fingerprint density at radius 1 is 0.412 bits per heavy atom. The van der Waals surface area contributed by atoms with E-state index < -0.39 is 0 Å². The third-order valence-electron chi connectivity index (χ3n) is 5.28. The fraction of sp³-hybridized carbons (Fsp3) is 0.375. The summed E-state index contributed by atoms with van der Waals surface area (Å²) in [5, 5.41) is 0. The van der Waals surface area contributed by atoms with Crippen LogP contribution in [0.3, 0.4) is 0 Å². The van der Waals surface area contributed by atoms with E-state index in [1.54, 1.807) is 0 Å². The Morgan fingerprint density at radius 2 is 0.676 bits per heavy atom. The molecule has 34 heavy (non-hydrogen) atoms. The quantitative estimate of drug-likeness (QED) is 0.476. The lowest BCUT2D eigenvalue weighted by atomic mass is 10.1. The van der Waals surface area contributed by atoms with E-state index in [4.69, 9.17) is 0 Å². The van der Waals surface area contributed by atoms with Crippen LogP contribution in [0.25, 0.3) is 0 Å². The molecule has 0 aliphatic rings. The van der Waals surface area contributed by atoms with Gasteiger partial charge >= 0.3 is 0 Å². The molecule has 0 saturated carbocycles. The minimum absolute atomic E-state index is 0.448. The molecule has 2 nitrogen and oxygen atoms in total. The van der Waals surface area contributed by atoms with Crippen molar-refractivity contribution in [1.82, 2.24) is 0 Å². The molecule has 0 aliphatic heterocycles. The lowest BCUT2D eigenvalue weighted by Gasteiger charge is -2.33. The Bertz CT molecular complexity index is 1050. The second-order valence-electron chi connectivity index (χ2n) is 9.28. The molecule has 174 valence electrons. The summed E-state index contributed by atoms with van der Waals surface area (Å²) >= 11 is 0. The van der Waals surface area contributed by atoms with Gasteiger partial charge in [0.25, 0.3) is 0 Å². The average molecular weight is 449 g/mol. The molecule has 0 heterocycles. The molecule has 0 atom stereocenters. The van der Waals surface area contributed by atoms with Gasteiger partial charge in [0, 0.05) is 46.7 Å². The first-order valence-electron chi connectivity index (χ1n) is 12.0. The van der Waals surface area contributed by atoms with Crippen molar-refractivity contribution in [3.8, 4) is 47.4 Å². The lowest BCUT2D eigenvalue weighted by molar-refractivity contribution is 0.608. The fourth-order valence-corrected chi connectivity index (χ4v) is 4.15. The number of nitrogens with zero attached hydrogens (tertiary/aromatic N) is 2. The third kappa shape index (κ3) is 8.00. The first-order valence-corrected chi connectivity index (χ1v) is 12.0. The molecule has 0 saturated heterocycles. The van der Waals surface area contributed by atoms with E-state index in [0.717, 1.165) is 11.1 Å². The van der Waals surface area contributed by atoms with E-state index in [1.807, 2.05) is 24.3 Å². The van der Waals surface area contributed by atoms with Crippen molar-refractivity contribution in [3.05, 3.63) is 59.7 Å². The van der Waals surface area contributed by atoms with Gasteiger partial charge in [-0.05, 0) is 139 Å². The standard InChI is InChI=1S/C32H36N2/c1-25(2)33(26(3)4)31-21-17-29(18-22-31)15-13-11-9-10-12-14-16-30-19-23-32(24-20-30)34(27(5)6)28(7)8/h17-28H,1-8H3. The maximum Gasteiger partial charge on any atom is 0.0371 e. The van der Waals surface area contributed by atoms with E-state index in [9.17, 15) is 0 Å². The predicted molar refractivity (Wildman–Crippen MR) is 148 cm³/mol. The van der Waals surface area contributed by atoms with Crippen molar-refractivity contribution in [2.24, 2.45) is 0 Å². The number of anilines is 2. The number of hydrogen-bond donors (Lipinski definition) is 0. The van der Waals surface area contributed by atoms with Gasteiger partial charge in [-0.15, -0.1) is 0 Å². The fourth-order valence-electron chi connectivity index (χ4n) is 4.15. The Labute approximate surface area is 207 Å². The van der Waals surface area contributed by atoms with E-state index in [-0.39, 0.29) is 0 Å². The van der Waals surface area contributed by atoms with Gasteiger partial charge in [-0.1, -0.05) is 11.8 Å². The zero-order chi connectivity index (χ0) is 25.1. The molecule has 2 aromatic rings. The molecular formula is C32H36N2. The second kappa shape index (κ2) is 13.1. The highest BCUT2D eigenvalue weighted by molar-refractivity contribution is 5.54. The maximum atomic E-state index is 3.07. The van der Waals surface area contributed by atoms with Gasteiger partial charge in [0.1, 0.15) is 0 Å². The van der Waals surface area contributed by atoms with Crippen LogP contribution in [-0.4, -0.2) is 24.2 Å². The van der Waals surface area contributed by atoms with Crippen molar-refractivity contribution >= 4 is 11.4 Å². The Hall–Kier alpha value is -3.72. The summed E-state index contributed by atoms with van der Waals surface area (Å²) in [7, 11) is 0. The largest absolute Gasteiger partial charge is 0.367 e. The van der Waals surface area contributed by atoms with E-state index in [2.05, 4.69) is 137 Å². The summed E-state index contributed by atoms with van der Waals surface area (Å²) in [6.45, 7) is 17.7. The molecule has 0 spiro atoms. The lowest BCUT2D eigenvalue weighted by Crippen LogP contribution is -2.36. The van der Waals surface area contributed by atoms with Gasteiger partial charge in [0.15, 0.2) is 0 Å². The van der Waals surface area contributed by atoms with Gasteiger partial charge in [-0.3, -0.25) is 0 Å². The molecule has 0 fully saturated rings. The van der Waals surface area contributed by atoms with Crippen molar-refractivity contribution in [3.63, 3.8) is 0 Å². The molecule has 0 bridgehead atoms. The first-order chi connectivity index (χ1) is 16.2. The van der Waals surface area contributed by atoms with Crippen LogP contribution in [-0.2, 0) is 0 Å². The smallest absolute Gasteiger partial charge is 0.0371 e. The summed E-state index contributed by atoms with van der Waals surface area (Å²) in [6, 6.07) is 18.4. The summed E-state index contributed by atoms with van der Waals surface area (Å²) in [6.07, 6.45) is 0. The monoisotopic (exact) mass is 448 g/mol. The van der Waals surface area contributed by atoms with E-state index in [0.29, 0.717) is 24.2 Å². The highest BCUT2D eigenvalue weighted by Gasteiger charge is 2.14. The van der Waals surface area contributed by atoms with Crippen molar-refractivity contribution < 1.29 is 0 Å². The van der Waals surface area contributed by atoms with Gasteiger partial charge in [-0.2, -0.15) is 0 Å². The van der Waals surface area contributed by atoms with Crippen molar-refractivity contribution in [1.29, 1.82) is 0 Å². The van der Waals surface area contributed by atoms with Crippen LogP contribution in [0.5, 0.6) is 0 Å². The highest BCUT2D eigenvalue weighted by atomic mass is 15.2. The molecule has 2 aromatic carbocycles. The minimum atomic E-state index is 0.448. The van der Waals surface area contributed by atoms with Gasteiger partial charge < -0.3 is 9.80 Å². The molecule has 0 unspecified atom stereocenters. The van der Waals surface area contributed by atoms with Crippen LogP contribution in [0.15, 0.2) is 48.5 Å². The molecule has 2 rings (SSSR count). The summed E-state index contributed by atoms with van der Waals surface area (Å²) in [5.41, 5.74) is 4.29. The van der Waals surface area contributed by atoms with Crippen LogP contribution in [0, 0.1) is 47.4 Å². The Kier molecular flexibility index (Phi) is 10.2. The normalized spacial score (nSPS) is 9.88. The van der Waals surface area contributed by atoms with Gasteiger partial charge in [0.2, 0.25) is 0 Å². The molecule has 0 radical (unpaired) electrons. The molecule has 2 heteroatoms. The number of rotatable bonds is 6. The first kappa shape index (κ1) is 26.5. The van der Waals surface area contributed by atoms with Crippen LogP contribution >= 0.6 is 0 Å².